The maximum atomic E-state index is 12.7. The molecular formula is C19H19NO6S. The first-order chi connectivity index (χ1) is 12.7. The number of thiophene rings is 1. The third-order valence-electron chi connectivity index (χ3n) is 4.31. The molecule has 1 aromatic heterocycles. The number of amides is 1. The van der Waals surface area contributed by atoms with Crippen LogP contribution < -0.4 is 5.32 Å². The average molecular weight is 389 g/mol. The fourth-order valence-corrected chi connectivity index (χ4v) is 4.11. The first-order valence-electron chi connectivity index (χ1n) is 8.24. The smallest absolute Gasteiger partial charge is 0.341 e. The second-order valence-electron chi connectivity index (χ2n) is 6.73. The van der Waals surface area contributed by atoms with Gasteiger partial charge in [-0.15, -0.1) is 11.3 Å². The average Bonchev–Trinajstić information content (AvgIpc) is 2.96. The molecule has 1 aliphatic rings. The lowest BCUT2D eigenvalue weighted by Gasteiger charge is -2.30. The van der Waals surface area contributed by atoms with E-state index in [2.05, 4.69) is 5.32 Å². The van der Waals surface area contributed by atoms with Gasteiger partial charge in [0.15, 0.2) is 0 Å². The van der Waals surface area contributed by atoms with E-state index in [0.29, 0.717) is 23.6 Å². The number of rotatable bonds is 4. The quantitative estimate of drug-likeness (QED) is 0.778. The van der Waals surface area contributed by atoms with Crippen molar-refractivity contribution < 1.29 is 29.0 Å². The molecule has 142 valence electrons. The normalized spacial score (nSPS) is 14.9. The van der Waals surface area contributed by atoms with E-state index in [0.717, 1.165) is 10.4 Å². The fraction of sp³-hybridized carbons (Fsp3) is 0.316. The minimum absolute atomic E-state index is 0.0174. The van der Waals surface area contributed by atoms with Crippen LogP contribution in [-0.4, -0.2) is 35.7 Å². The summed E-state index contributed by atoms with van der Waals surface area (Å²) in [6, 6.07) is 5.91. The van der Waals surface area contributed by atoms with Gasteiger partial charge in [0.2, 0.25) is 0 Å². The predicted octanol–water partition coefficient (Wildman–Crippen LogP) is 3.34. The molecule has 1 amide bonds. The Morgan fingerprint density at radius 1 is 1.22 bits per heavy atom. The Bertz CT molecular complexity index is 930. The molecule has 0 saturated heterocycles. The predicted molar refractivity (Wildman–Crippen MR) is 99.6 cm³/mol. The Hall–Kier alpha value is -2.71. The van der Waals surface area contributed by atoms with Gasteiger partial charge in [-0.25, -0.2) is 9.59 Å². The number of carboxylic acid groups (broad SMARTS) is 1. The molecule has 7 nitrogen and oxygen atoms in total. The van der Waals surface area contributed by atoms with Crippen LogP contribution in [0.5, 0.6) is 0 Å². The Balaban J connectivity index is 2.01. The number of carboxylic acids is 1. The van der Waals surface area contributed by atoms with Crippen molar-refractivity contribution in [3.8, 4) is 0 Å². The molecule has 0 fully saturated rings. The van der Waals surface area contributed by atoms with Crippen molar-refractivity contribution in [3.05, 3.63) is 51.4 Å². The number of methoxy groups -OCH3 is 1. The molecule has 0 spiro atoms. The lowest BCUT2D eigenvalue weighted by molar-refractivity contribution is -0.0384. The number of carbonyl (C=O) groups excluding carboxylic acids is 2. The van der Waals surface area contributed by atoms with Crippen molar-refractivity contribution in [1.82, 2.24) is 0 Å². The standard InChI is InChI=1S/C19H19NO6S/c1-19(2)8-12-13(9-26-19)27-16(14(12)18(24)25-3)20-15(21)10-6-4-5-7-11(10)17(22)23/h4-7H,8-9H2,1-3H3,(H,20,21)(H,22,23). The SMILES string of the molecule is COC(=O)c1c(NC(=O)c2ccccc2C(=O)O)sc2c1CC(C)(C)OC2. The number of esters is 1. The number of benzene rings is 1. The summed E-state index contributed by atoms with van der Waals surface area (Å²) in [5, 5.41) is 12.3. The minimum Gasteiger partial charge on any atom is -0.478 e. The van der Waals surface area contributed by atoms with Crippen LogP contribution in [0.15, 0.2) is 24.3 Å². The second kappa shape index (κ2) is 7.13. The zero-order chi connectivity index (χ0) is 19.8. The molecule has 0 saturated carbocycles. The van der Waals surface area contributed by atoms with Gasteiger partial charge < -0.3 is 19.9 Å². The van der Waals surface area contributed by atoms with Crippen LogP contribution in [-0.2, 0) is 22.5 Å². The largest absolute Gasteiger partial charge is 0.478 e. The first kappa shape index (κ1) is 19.1. The van der Waals surface area contributed by atoms with Gasteiger partial charge in [0.25, 0.3) is 5.91 Å². The lowest BCUT2D eigenvalue weighted by atomic mass is 9.93. The van der Waals surface area contributed by atoms with Gasteiger partial charge in [-0.3, -0.25) is 4.79 Å². The molecule has 3 rings (SSSR count). The summed E-state index contributed by atoms with van der Waals surface area (Å²) in [6.07, 6.45) is 0.505. The van der Waals surface area contributed by atoms with Crippen molar-refractivity contribution in [3.63, 3.8) is 0 Å². The molecule has 0 unspecified atom stereocenters. The molecule has 0 atom stereocenters. The first-order valence-corrected chi connectivity index (χ1v) is 9.05. The summed E-state index contributed by atoms with van der Waals surface area (Å²) < 4.78 is 10.7. The van der Waals surface area contributed by atoms with Gasteiger partial charge in [0.1, 0.15) is 5.00 Å². The van der Waals surface area contributed by atoms with Crippen LogP contribution >= 0.6 is 11.3 Å². The van der Waals surface area contributed by atoms with E-state index in [-0.39, 0.29) is 11.1 Å². The number of anilines is 1. The highest BCUT2D eigenvalue weighted by atomic mass is 32.1. The second-order valence-corrected chi connectivity index (χ2v) is 7.83. The summed E-state index contributed by atoms with van der Waals surface area (Å²) in [7, 11) is 1.28. The molecule has 0 aliphatic carbocycles. The van der Waals surface area contributed by atoms with Gasteiger partial charge >= 0.3 is 11.9 Å². The molecule has 1 aliphatic heterocycles. The van der Waals surface area contributed by atoms with Crippen molar-refractivity contribution in [2.75, 3.05) is 12.4 Å². The van der Waals surface area contributed by atoms with Gasteiger partial charge in [0.05, 0.1) is 36.0 Å². The van der Waals surface area contributed by atoms with Crippen LogP contribution in [0, 0.1) is 0 Å². The third kappa shape index (κ3) is 3.72. The summed E-state index contributed by atoms with van der Waals surface area (Å²) in [5.74, 6) is -2.35. The number of aromatic carboxylic acids is 1. The zero-order valence-electron chi connectivity index (χ0n) is 15.1. The van der Waals surface area contributed by atoms with E-state index in [1.54, 1.807) is 12.1 Å². The van der Waals surface area contributed by atoms with Gasteiger partial charge in [-0.1, -0.05) is 12.1 Å². The highest BCUT2D eigenvalue weighted by Gasteiger charge is 2.34. The van der Waals surface area contributed by atoms with Gasteiger partial charge in [-0.05, 0) is 31.5 Å². The van der Waals surface area contributed by atoms with Crippen molar-refractivity contribution in [1.29, 1.82) is 0 Å². The molecule has 0 radical (unpaired) electrons. The maximum absolute atomic E-state index is 12.7. The van der Waals surface area contributed by atoms with E-state index in [1.165, 1.54) is 30.6 Å². The molecule has 2 heterocycles. The number of hydrogen-bond acceptors (Lipinski definition) is 6. The monoisotopic (exact) mass is 389 g/mol. The molecule has 2 N–H and O–H groups in total. The molecule has 2 aromatic rings. The lowest BCUT2D eigenvalue weighted by Crippen LogP contribution is -2.32. The third-order valence-corrected chi connectivity index (χ3v) is 5.43. The molecule has 0 bridgehead atoms. The minimum atomic E-state index is -1.20. The van der Waals surface area contributed by atoms with Crippen LogP contribution in [0.2, 0.25) is 0 Å². The van der Waals surface area contributed by atoms with Crippen LogP contribution in [0.3, 0.4) is 0 Å². The molecule has 27 heavy (non-hydrogen) atoms. The Labute approximate surface area is 159 Å². The highest BCUT2D eigenvalue weighted by molar-refractivity contribution is 7.17. The Morgan fingerprint density at radius 2 is 1.89 bits per heavy atom. The van der Waals surface area contributed by atoms with E-state index >= 15 is 0 Å². The van der Waals surface area contributed by atoms with Gasteiger partial charge in [0, 0.05) is 11.3 Å². The number of ether oxygens (including phenoxy) is 2. The number of nitrogens with one attached hydrogen (secondary N) is 1. The summed E-state index contributed by atoms with van der Waals surface area (Å²) in [6.45, 7) is 4.19. The van der Waals surface area contributed by atoms with Crippen molar-refractivity contribution in [2.45, 2.75) is 32.5 Å². The highest BCUT2D eigenvalue weighted by Crippen LogP contribution is 2.41. The van der Waals surface area contributed by atoms with Crippen LogP contribution in [0.4, 0.5) is 5.00 Å². The Kier molecular flexibility index (Phi) is 5.03. The van der Waals surface area contributed by atoms with Crippen LogP contribution in [0.25, 0.3) is 0 Å². The van der Waals surface area contributed by atoms with E-state index in [9.17, 15) is 19.5 Å². The summed E-state index contributed by atoms with van der Waals surface area (Å²) in [5.41, 5.74) is 0.567. The van der Waals surface area contributed by atoms with Crippen LogP contribution in [0.1, 0.15) is 55.4 Å². The molecular weight excluding hydrogens is 370 g/mol. The van der Waals surface area contributed by atoms with E-state index in [1.807, 2.05) is 13.8 Å². The Morgan fingerprint density at radius 3 is 2.52 bits per heavy atom. The number of hydrogen-bond donors (Lipinski definition) is 2. The molecule has 1 aromatic carbocycles. The number of carbonyl (C=O) groups is 3. The van der Waals surface area contributed by atoms with Gasteiger partial charge in [-0.2, -0.15) is 0 Å². The fourth-order valence-electron chi connectivity index (χ4n) is 3.00. The number of fused-ring (bicyclic) bond motifs is 1. The van der Waals surface area contributed by atoms with Crippen molar-refractivity contribution in [2.24, 2.45) is 0 Å². The van der Waals surface area contributed by atoms with Crippen molar-refractivity contribution >= 4 is 34.2 Å². The molecule has 8 heteroatoms. The summed E-state index contributed by atoms with van der Waals surface area (Å²) >= 11 is 1.24. The maximum Gasteiger partial charge on any atom is 0.341 e. The van der Waals surface area contributed by atoms with E-state index < -0.39 is 23.4 Å². The topological polar surface area (TPSA) is 102 Å². The zero-order valence-corrected chi connectivity index (χ0v) is 15.9. The summed E-state index contributed by atoms with van der Waals surface area (Å²) in [4.78, 5) is 37.3. The van der Waals surface area contributed by atoms with E-state index in [4.69, 9.17) is 9.47 Å².